The molecule has 0 radical (unpaired) electrons. The van der Waals surface area contributed by atoms with Crippen LogP contribution in [0.4, 0.5) is 0 Å². The Labute approximate surface area is 170 Å². The number of hydrogen-bond donors (Lipinski definition) is 0. The molecule has 0 spiro atoms. The van der Waals surface area contributed by atoms with Crippen molar-refractivity contribution in [3.63, 3.8) is 0 Å². The number of nitrogens with zero attached hydrogens (tertiary/aromatic N) is 3. The Balaban J connectivity index is 1.80. The molecule has 29 heavy (non-hydrogen) atoms. The summed E-state index contributed by atoms with van der Waals surface area (Å²) in [6, 6.07) is 16.1. The van der Waals surface area contributed by atoms with Crippen LogP contribution in [0, 0.1) is 0 Å². The van der Waals surface area contributed by atoms with Gasteiger partial charge >= 0.3 is 5.97 Å². The van der Waals surface area contributed by atoms with Gasteiger partial charge in [-0.15, -0.1) is 0 Å². The van der Waals surface area contributed by atoms with Crippen molar-refractivity contribution in [3.8, 4) is 16.9 Å². The van der Waals surface area contributed by atoms with Crippen LogP contribution in [0.15, 0.2) is 60.9 Å². The molecule has 148 valence electrons. The molecule has 0 atom stereocenters. The molecule has 5 nitrogen and oxygen atoms in total. The summed E-state index contributed by atoms with van der Waals surface area (Å²) in [6.45, 7) is 2.19. The minimum Gasteiger partial charge on any atom is -0.465 e. The highest BCUT2D eigenvalue weighted by Crippen LogP contribution is 2.31. The number of carbonyl (C=O) groups is 1. The summed E-state index contributed by atoms with van der Waals surface area (Å²) in [5, 5.41) is 1.12. The summed E-state index contributed by atoms with van der Waals surface area (Å²) in [5.41, 5.74) is 4.62. The summed E-state index contributed by atoms with van der Waals surface area (Å²) in [5.74, 6) is 0.754. The fourth-order valence-corrected chi connectivity index (χ4v) is 3.83. The van der Waals surface area contributed by atoms with Gasteiger partial charge in [-0.2, -0.15) is 0 Å². The number of carbonyl (C=O) groups excluding carboxylic acids is 1. The molecule has 0 amide bonds. The minimum atomic E-state index is -0.328. The molecule has 0 bridgehead atoms. The summed E-state index contributed by atoms with van der Waals surface area (Å²) in [7, 11) is 3.43. The Kier molecular flexibility index (Phi) is 5.21. The molecule has 4 rings (SSSR count). The number of hydrogen-bond acceptors (Lipinski definition) is 3. The van der Waals surface area contributed by atoms with Gasteiger partial charge in [0, 0.05) is 53.7 Å². The molecule has 0 fully saturated rings. The smallest absolute Gasteiger partial charge is 0.338 e. The summed E-state index contributed by atoms with van der Waals surface area (Å²) in [4.78, 5) is 16.8. The first kappa shape index (κ1) is 19.0. The van der Waals surface area contributed by atoms with Gasteiger partial charge in [0.1, 0.15) is 5.82 Å². The molecule has 0 aliphatic rings. The van der Waals surface area contributed by atoms with Crippen molar-refractivity contribution in [1.29, 1.82) is 0 Å². The highest BCUT2D eigenvalue weighted by atomic mass is 16.5. The van der Waals surface area contributed by atoms with E-state index in [0.29, 0.717) is 5.56 Å². The van der Waals surface area contributed by atoms with Crippen molar-refractivity contribution < 1.29 is 9.53 Å². The zero-order chi connectivity index (χ0) is 20.4. The highest BCUT2D eigenvalue weighted by Gasteiger charge is 2.17. The van der Waals surface area contributed by atoms with Gasteiger partial charge in [0.15, 0.2) is 0 Å². The van der Waals surface area contributed by atoms with Gasteiger partial charge in [-0.05, 0) is 36.8 Å². The van der Waals surface area contributed by atoms with E-state index < -0.39 is 0 Å². The standard InChI is InChI=1S/C24H25N3O2/c1-4-5-10-23-25-13-14-27(23)18-11-12-21-17(15-18)16-22(26(21)2)19-8-6-7-9-20(19)24(28)29-3/h6-9,11-16H,4-5,10H2,1-3H3. The van der Waals surface area contributed by atoms with Gasteiger partial charge in [-0.3, -0.25) is 0 Å². The number of aromatic nitrogens is 3. The van der Waals surface area contributed by atoms with Crippen molar-refractivity contribution in [3.05, 3.63) is 72.3 Å². The van der Waals surface area contributed by atoms with Crippen LogP contribution in [-0.4, -0.2) is 27.2 Å². The fourth-order valence-electron chi connectivity index (χ4n) is 3.83. The van der Waals surface area contributed by atoms with E-state index in [-0.39, 0.29) is 5.97 Å². The number of fused-ring (bicyclic) bond motifs is 1. The summed E-state index contributed by atoms with van der Waals surface area (Å²) >= 11 is 0. The summed E-state index contributed by atoms with van der Waals surface area (Å²) in [6.07, 6.45) is 7.11. The van der Waals surface area contributed by atoms with E-state index in [1.807, 2.05) is 37.6 Å². The average Bonchev–Trinajstić information content (AvgIpc) is 3.35. The lowest BCUT2D eigenvalue weighted by Crippen LogP contribution is -2.04. The maximum Gasteiger partial charge on any atom is 0.338 e. The van der Waals surface area contributed by atoms with Crippen LogP contribution in [0.3, 0.4) is 0 Å². The zero-order valence-electron chi connectivity index (χ0n) is 17.1. The van der Waals surface area contributed by atoms with Crippen LogP contribution in [0.2, 0.25) is 0 Å². The second kappa shape index (κ2) is 7.95. The maximum atomic E-state index is 12.2. The van der Waals surface area contributed by atoms with E-state index in [2.05, 4.69) is 45.3 Å². The number of rotatable bonds is 6. The Morgan fingerprint density at radius 1 is 1.14 bits per heavy atom. The second-order valence-corrected chi connectivity index (χ2v) is 7.19. The molecule has 2 aromatic heterocycles. The average molecular weight is 387 g/mol. The lowest BCUT2D eigenvalue weighted by atomic mass is 10.0. The molecule has 4 aromatic rings. The maximum absolute atomic E-state index is 12.2. The Morgan fingerprint density at radius 2 is 1.97 bits per heavy atom. The number of esters is 1. The molecular formula is C24H25N3O2. The van der Waals surface area contributed by atoms with Crippen LogP contribution in [0.25, 0.3) is 27.8 Å². The Morgan fingerprint density at radius 3 is 2.76 bits per heavy atom. The van der Waals surface area contributed by atoms with Gasteiger partial charge in [0.25, 0.3) is 0 Å². The molecular weight excluding hydrogens is 362 g/mol. The van der Waals surface area contributed by atoms with E-state index >= 15 is 0 Å². The van der Waals surface area contributed by atoms with E-state index in [9.17, 15) is 4.79 Å². The van der Waals surface area contributed by atoms with Gasteiger partial charge in [-0.25, -0.2) is 9.78 Å². The van der Waals surface area contributed by atoms with Crippen LogP contribution in [-0.2, 0) is 18.2 Å². The summed E-state index contributed by atoms with van der Waals surface area (Å²) < 4.78 is 9.24. The number of benzene rings is 2. The zero-order valence-corrected chi connectivity index (χ0v) is 17.1. The van der Waals surface area contributed by atoms with Crippen molar-refractivity contribution >= 4 is 16.9 Å². The first-order valence-electron chi connectivity index (χ1n) is 9.93. The van der Waals surface area contributed by atoms with E-state index in [1.54, 1.807) is 6.07 Å². The van der Waals surface area contributed by atoms with Crippen LogP contribution >= 0.6 is 0 Å². The van der Waals surface area contributed by atoms with Gasteiger partial charge in [-0.1, -0.05) is 31.5 Å². The highest BCUT2D eigenvalue weighted by molar-refractivity contribution is 5.99. The molecule has 0 aliphatic heterocycles. The van der Waals surface area contributed by atoms with Crippen LogP contribution < -0.4 is 0 Å². The van der Waals surface area contributed by atoms with E-state index in [0.717, 1.165) is 52.9 Å². The molecule has 2 aromatic carbocycles. The molecule has 5 heteroatoms. The topological polar surface area (TPSA) is 49.1 Å². The Hall–Kier alpha value is -3.34. The lowest BCUT2D eigenvalue weighted by Gasteiger charge is -2.10. The quantitative estimate of drug-likeness (QED) is 0.429. The molecule has 0 saturated heterocycles. The fraction of sp³-hybridized carbons (Fsp3) is 0.250. The molecule has 0 unspecified atom stereocenters. The van der Waals surface area contributed by atoms with Gasteiger partial charge in [0.05, 0.1) is 12.7 Å². The van der Waals surface area contributed by atoms with Crippen LogP contribution in [0.5, 0.6) is 0 Å². The van der Waals surface area contributed by atoms with E-state index in [4.69, 9.17) is 4.74 Å². The first-order chi connectivity index (χ1) is 14.1. The van der Waals surface area contributed by atoms with Crippen molar-refractivity contribution in [1.82, 2.24) is 14.1 Å². The monoisotopic (exact) mass is 387 g/mol. The molecule has 2 heterocycles. The predicted molar refractivity (Wildman–Crippen MR) is 115 cm³/mol. The normalized spacial score (nSPS) is 11.1. The van der Waals surface area contributed by atoms with E-state index in [1.165, 1.54) is 7.11 Å². The third kappa shape index (κ3) is 3.44. The lowest BCUT2D eigenvalue weighted by molar-refractivity contribution is 0.0601. The molecule has 0 saturated carbocycles. The van der Waals surface area contributed by atoms with Gasteiger partial charge in [0.2, 0.25) is 0 Å². The molecule has 0 N–H and O–H groups in total. The number of imidazole rings is 1. The van der Waals surface area contributed by atoms with Crippen LogP contribution in [0.1, 0.15) is 35.9 Å². The minimum absolute atomic E-state index is 0.328. The number of methoxy groups -OCH3 is 1. The van der Waals surface area contributed by atoms with Crippen molar-refractivity contribution in [2.45, 2.75) is 26.2 Å². The third-order valence-corrected chi connectivity index (χ3v) is 5.38. The number of aryl methyl sites for hydroxylation is 2. The van der Waals surface area contributed by atoms with Crippen molar-refractivity contribution in [2.24, 2.45) is 7.05 Å². The number of unbranched alkanes of at least 4 members (excludes halogenated alkanes) is 1. The second-order valence-electron chi connectivity index (χ2n) is 7.19. The van der Waals surface area contributed by atoms with Crippen molar-refractivity contribution in [2.75, 3.05) is 7.11 Å². The number of ether oxygens (including phenoxy) is 1. The Bertz CT molecular complexity index is 1170. The van der Waals surface area contributed by atoms with Gasteiger partial charge < -0.3 is 13.9 Å². The molecule has 0 aliphatic carbocycles. The first-order valence-corrected chi connectivity index (χ1v) is 9.93. The third-order valence-electron chi connectivity index (χ3n) is 5.38. The predicted octanol–water partition coefficient (Wildman–Crippen LogP) is 5.16. The SMILES string of the molecule is CCCCc1nccn1-c1ccc2c(c1)cc(-c1ccccc1C(=O)OC)n2C. The largest absolute Gasteiger partial charge is 0.465 e.